The molecule has 5 heteroatoms. The second-order valence-corrected chi connectivity index (χ2v) is 6.02. The van der Waals surface area contributed by atoms with E-state index < -0.39 is 5.91 Å². The summed E-state index contributed by atoms with van der Waals surface area (Å²) in [5.74, 6) is -0.295. The summed E-state index contributed by atoms with van der Waals surface area (Å²) < 4.78 is 0. The molecule has 0 saturated carbocycles. The van der Waals surface area contributed by atoms with Crippen LogP contribution in [0.15, 0.2) is 35.9 Å². The first-order valence-corrected chi connectivity index (χ1v) is 7.69. The summed E-state index contributed by atoms with van der Waals surface area (Å²) in [7, 11) is 0. The summed E-state index contributed by atoms with van der Waals surface area (Å²) in [5.41, 5.74) is 3.43. The van der Waals surface area contributed by atoms with Crippen molar-refractivity contribution in [3.8, 4) is 11.8 Å². The van der Waals surface area contributed by atoms with E-state index in [2.05, 4.69) is 5.32 Å². The lowest BCUT2D eigenvalue weighted by molar-refractivity contribution is -0.112. The van der Waals surface area contributed by atoms with Crippen molar-refractivity contribution in [2.24, 2.45) is 0 Å². The van der Waals surface area contributed by atoms with E-state index in [1.54, 1.807) is 44.2 Å². The molecular formula is C19H17ClN2O2. The molecule has 2 aromatic carbocycles. The molecule has 1 amide bonds. The molecule has 0 atom stereocenters. The third kappa shape index (κ3) is 3.95. The standard InChI is InChI=1S/C19H17ClN2O2/c1-11-4-5-16(20)9-17(11)22-19(24)15(10-21)8-14-6-12(2)18(23)13(3)7-14/h4-9,23H,1-3H3,(H,22,24). The Kier molecular flexibility index (Phi) is 5.28. The Balaban J connectivity index is 2.32. The van der Waals surface area contributed by atoms with Crippen LogP contribution >= 0.6 is 11.6 Å². The van der Waals surface area contributed by atoms with Crippen molar-refractivity contribution in [1.82, 2.24) is 0 Å². The van der Waals surface area contributed by atoms with Gasteiger partial charge < -0.3 is 10.4 Å². The monoisotopic (exact) mass is 340 g/mol. The average Bonchev–Trinajstić information content (AvgIpc) is 2.53. The number of hydrogen-bond donors (Lipinski definition) is 2. The smallest absolute Gasteiger partial charge is 0.266 e. The highest BCUT2D eigenvalue weighted by Gasteiger charge is 2.12. The van der Waals surface area contributed by atoms with Crippen molar-refractivity contribution in [2.45, 2.75) is 20.8 Å². The van der Waals surface area contributed by atoms with Gasteiger partial charge in [-0.05, 0) is 73.4 Å². The fourth-order valence-electron chi connectivity index (χ4n) is 2.31. The van der Waals surface area contributed by atoms with Crippen LogP contribution in [0.5, 0.6) is 5.75 Å². The second-order valence-electron chi connectivity index (χ2n) is 5.59. The Morgan fingerprint density at radius 3 is 2.38 bits per heavy atom. The third-order valence-corrected chi connectivity index (χ3v) is 3.87. The van der Waals surface area contributed by atoms with Crippen molar-refractivity contribution < 1.29 is 9.90 Å². The lowest BCUT2D eigenvalue weighted by Gasteiger charge is -2.09. The molecule has 0 aliphatic rings. The van der Waals surface area contributed by atoms with Crippen LogP contribution in [0, 0.1) is 32.1 Å². The number of aromatic hydroxyl groups is 1. The molecular weight excluding hydrogens is 324 g/mol. The highest BCUT2D eigenvalue weighted by molar-refractivity contribution is 6.31. The van der Waals surface area contributed by atoms with Crippen LogP contribution in [0.2, 0.25) is 5.02 Å². The molecule has 24 heavy (non-hydrogen) atoms. The fourth-order valence-corrected chi connectivity index (χ4v) is 2.48. The van der Waals surface area contributed by atoms with Gasteiger partial charge in [-0.15, -0.1) is 0 Å². The minimum Gasteiger partial charge on any atom is -0.507 e. The zero-order valence-corrected chi connectivity index (χ0v) is 14.4. The summed E-state index contributed by atoms with van der Waals surface area (Å²) in [4.78, 5) is 12.4. The molecule has 0 bridgehead atoms. The first kappa shape index (κ1) is 17.6. The van der Waals surface area contributed by atoms with Crippen LogP contribution in [0.25, 0.3) is 6.08 Å². The molecule has 0 unspecified atom stereocenters. The summed E-state index contributed by atoms with van der Waals surface area (Å²) in [6, 6.07) is 10.5. The lowest BCUT2D eigenvalue weighted by Crippen LogP contribution is -2.14. The Hall–Kier alpha value is -2.77. The van der Waals surface area contributed by atoms with Crippen molar-refractivity contribution in [1.29, 1.82) is 5.26 Å². The molecule has 0 aliphatic carbocycles. The molecule has 0 heterocycles. The van der Waals surface area contributed by atoms with Crippen molar-refractivity contribution in [3.05, 3.63) is 63.2 Å². The molecule has 2 rings (SSSR count). The molecule has 0 fully saturated rings. The SMILES string of the molecule is Cc1ccc(Cl)cc1NC(=O)C(C#N)=Cc1cc(C)c(O)c(C)c1. The van der Waals surface area contributed by atoms with E-state index in [-0.39, 0.29) is 11.3 Å². The topological polar surface area (TPSA) is 73.1 Å². The molecule has 0 radical (unpaired) electrons. The number of carbonyl (C=O) groups is 1. The van der Waals surface area contributed by atoms with Crippen LogP contribution in [0.1, 0.15) is 22.3 Å². The number of nitrogens with zero attached hydrogens (tertiary/aromatic N) is 1. The summed E-state index contributed by atoms with van der Waals surface area (Å²) in [6.07, 6.45) is 1.49. The van der Waals surface area contributed by atoms with E-state index in [0.29, 0.717) is 27.4 Å². The van der Waals surface area contributed by atoms with Gasteiger partial charge in [0.1, 0.15) is 17.4 Å². The van der Waals surface area contributed by atoms with Crippen LogP contribution < -0.4 is 5.32 Å². The molecule has 2 N–H and O–H groups in total. The van der Waals surface area contributed by atoms with Crippen LogP contribution in [-0.4, -0.2) is 11.0 Å². The highest BCUT2D eigenvalue weighted by atomic mass is 35.5. The minimum atomic E-state index is -0.508. The van der Waals surface area contributed by atoms with Crippen molar-refractivity contribution in [2.75, 3.05) is 5.32 Å². The van der Waals surface area contributed by atoms with E-state index in [9.17, 15) is 15.2 Å². The summed E-state index contributed by atoms with van der Waals surface area (Å²) in [5, 5.41) is 22.3. The fraction of sp³-hybridized carbons (Fsp3) is 0.158. The average molecular weight is 341 g/mol. The molecule has 0 aromatic heterocycles. The predicted molar refractivity (Wildman–Crippen MR) is 96.0 cm³/mol. The Bertz CT molecular complexity index is 856. The molecule has 122 valence electrons. The quantitative estimate of drug-likeness (QED) is 0.637. The minimum absolute atomic E-state index is 0.0288. The van der Waals surface area contributed by atoms with Crippen molar-refractivity contribution >= 4 is 29.3 Å². The molecule has 0 aliphatic heterocycles. The zero-order valence-electron chi connectivity index (χ0n) is 13.6. The number of phenols is 1. The van der Waals surface area contributed by atoms with Gasteiger partial charge in [-0.3, -0.25) is 4.79 Å². The predicted octanol–water partition coefficient (Wildman–Crippen LogP) is 4.52. The van der Waals surface area contributed by atoms with Gasteiger partial charge in [0.15, 0.2) is 0 Å². The maximum absolute atomic E-state index is 12.4. The summed E-state index contributed by atoms with van der Waals surface area (Å²) >= 11 is 5.94. The molecule has 2 aromatic rings. The number of anilines is 1. The zero-order chi connectivity index (χ0) is 17.9. The maximum atomic E-state index is 12.4. The number of carbonyl (C=O) groups excluding carboxylic acids is 1. The molecule has 0 saturated heterocycles. The number of aryl methyl sites for hydroxylation is 3. The van der Waals surface area contributed by atoms with E-state index in [1.165, 1.54) is 6.08 Å². The number of phenolic OH excluding ortho intramolecular Hbond substituents is 1. The van der Waals surface area contributed by atoms with Crippen LogP contribution in [0.3, 0.4) is 0 Å². The lowest BCUT2D eigenvalue weighted by atomic mass is 10.0. The number of hydrogen-bond acceptors (Lipinski definition) is 3. The van der Waals surface area contributed by atoms with E-state index in [1.807, 2.05) is 13.0 Å². The number of halogens is 1. The number of nitriles is 1. The van der Waals surface area contributed by atoms with Gasteiger partial charge >= 0.3 is 0 Å². The normalized spacial score (nSPS) is 11.0. The first-order chi connectivity index (χ1) is 11.3. The van der Waals surface area contributed by atoms with Gasteiger partial charge in [-0.1, -0.05) is 17.7 Å². The van der Waals surface area contributed by atoms with Gasteiger partial charge in [-0.2, -0.15) is 5.26 Å². The molecule has 4 nitrogen and oxygen atoms in total. The molecule has 0 spiro atoms. The van der Waals surface area contributed by atoms with Crippen LogP contribution in [-0.2, 0) is 4.79 Å². The van der Waals surface area contributed by atoms with Gasteiger partial charge in [0.2, 0.25) is 0 Å². The van der Waals surface area contributed by atoms with Crippen molar-refractivity contribution in [3.63, 3.8) is 0 Å². The van der Waals surface area contributed by atoms with Gasteiger partial charge in [0.05, 0.1) is 0 Å². The number of rotatable bonds is 3. The largest absolute Gasteiger partial charge is 0.507 e. The van der Waals surface area contributed by atoms with Gasteiger partial charge in [-0.25, -0.2) is 0 Å². The number of nitrogens with one attached hydrogen (secondary N) is 1. The Labute approximate surface area is 146 Å². The van der Waals surface area contributed by atoms with E-state index >= 15 is 0 Å². The maximum Gasteiger partial charge on any atom is 0.266 e. The number of benzene rings is 2. The van der Waals surface area contributed by atoms with Gasteiger partial charge in [0.25, 0.3) is 5.91 Å². The Morgan fingerprint density at radius 2 is 1.79 bits per heavy atom. The summed E-state index contributed by atoms with van der Waals surface area (Å²) in [6.45, 7) is 5.37. The van der Waals surface area contributed by atoms with Gasteiger partial charge in [0, 0.05) is 10.7 Å². The third-order valence-electron chi connectivity index (χ3n) is 3.64. The van der Waals surface area contributed by atoms with Crippen LogP contribution in [0.4, 0.5) is 5.69 Å². The number of amides is 1. The van der Waals surface area contributed by atoms with E-state index in [0.717, 1.165) is 5.56 Å². The van der Waals surface area contributed by atoms with E-state index in [4.69, 9.17) is 11.6 Å². The first-order valence-electron chi connectivity index (χ1n) is 7.31. The highest BCUT2D eigenvalue weighted by Crippen LogP contribution is 2.25. The second kappa shape index (κ2) is 7.20. The Morgan fingerprint density at radius 1 is 1.17 bits per heavy atom.